The number of aromatic hydroxyl groups is 1. The van der Waals surface area contributed by atoms with Gasteiger partial charge in [-0.3, -0.25) is 62.3 Å². The van der Waals surface area contributed by atoms with Crippen LogP contribution in [-0.4, -0.2) is 227 Å². The van der Waals surface area contributed by atoms with Crippen molar-refractivity contribution in [1.29, 1.82) is 0 Å². The van der Waals surface area contributed by atoms with Crippen LogP contribution in [0.5, 0.6) is 5.75 Å². The first-order chi connectivity index (χ1) is 47.1. The molecule has 1 aromatic heterocycles. The van der Waals surface area contributed by atoms with Crippen LogP contribution in [0.3, 0.4) is 0 Å². The van der Waals surface area contributed by atoms with E-state index < -0.39 is 218 Å². The van der Waals surface area contributed by atoms with E-state index >= 15 is 0 Å². The minimum atomic E-state index is -2.28. The summed E-state index contributed by atoms with van der Waals surface area (Å²) in [5, 5.41) is 94.7. The summed E-state index contributed by atoms with van der Waals surface area (Å²) in [7, 11) is 0. The minimum Gasteiger partial charge on any atom is -0.508 e. The van der Waals surface area contributed by atoms with Gasteiger partial charge in [0.1, 0.15) is 78.9 Å². The highest BCUT2D eigenvalue weighted by molar-refractivity contribution is 6.31. The highest BCUT2D eigenvalue weighted by Crippen LogP contribution is 2.28. The molecule has 2 aliphatic rings. The standard InChI is InChI=1S/C64H82ClN13O22/c1-27(2)46-58(92)71-41(19-31-9-7-6-8-10-31)62(96)78-24-28(3)51(85)50(78)64(99)100-26-43(57(91)76-47(29(4)53(67)87)59(93)70-40(55(89)75-46)20-33-23-68-39-21-34(65)13-16-36(33)39)73-60(94)48(30(5)80)77-54(88)38(17-18-45(83)84)69-56(90)42(25-79)72-61(95)49(74-44(82)22-37(66)63(97)98)52(86)32-11-14-35(81)15-12-32/h6-16,21,23,27-30,37-38,40-43,46-52,68,79-81,85-86H,17-20,22,24-26,66H2,1-5H3,(H2,67,87)(H,69,90)(H,70,93)(H,71,92)(H,72,95)(H,73,94)(H,74,82)(H,75,89)(H,76,91)(H,77,88)(H,83,84)(H,97,98)/t28-,29-,30-,37+,38-,40+,41+,42+,43+,46-,47+,48+,49+,50+,51-,52-/m1/s1. The van der Waals surface area contributed by atoms with Gasteiger partial charge in [0.05, 0.1) is 31.2 Å². The molecular weight excluding hydrogens is 1340 g/mol. The van der Waals surface area contributed by atoms with Gasteiger partial charge in [-0.2, -0.15) is 0 Å². The summed E-state index contributed by atoms with van der Waals surface area (Å²) in [5.74, 6) is -22.0. The van der Waals surface area contributed by atoms with Crippen molar-refractivity contribution >= 4 is 105 Å². The number of hydrogen-bond acceptors (Lipinski definition) is 21. The number of carboxylic acids is 2. The fourth-order valence-electron chi connectivity index (χ4n) is 11.0. The van der Waals surface area contributed by atoms with Crippen molar-refractivity contribution in [3.8, 4) is 5.75 Å². The van der Waals surface area contributed by atoms with Gasteiger partial charge in [0.2, 0.25) is 65.0 Å². The Kier molecular flexibility index (Phi) is 27.9. The van der Waals surface area contributed by atoms with E-state index in [0.717, 1.165) is 43.0 Å². The second-order valence-corrected chi connectivity index (χ2v) is 25.2. The average Bonchev–Trinajstić information content (AvgIpc) is 1.62. The number of carbonyl (C=O) groups excluding carboxylic acids is 12. The summed E-state index contributed by atoms with van der Waals surface area (Å²) in [4.78, 5) is 199. The molecule has 4 aromatic rings. The molecule has 100 heavy (non-hydrogen) atoms. The fourth-order valence-corrected chi connectivity index (χ4v) is 11.1. The zero-order valence-corrected chi connectivity index (χ0v) is 55.5. The van der Waals surface area contributed by atoms with Gasteiger partial charge in [0, 0.05) is 53.8 Å². The summed E-state index contributed by atoms with van der Waals surface area (Å²) >= 11 is 6.26. The number of carbonyl (C=O) groups is 14. The number of benzene rings is 3. The predicted molar refractivity (Wildman–Crippen MR) is 348 cm³/mol. The van der Waals surface area contributed by atoms with Crippen LogP contribution in [0.1, 0.15) is 76.7 Å². The molecule has 21 N–H and O–H groups in total. The molecule has 0 aliphatic carbocycles. The number of ether oxygens (including phenoxy) is 1. The highest BCUT2D eigenvalue weighted by atomic mass is 35.5. The molecule has 36 heteroatoms. The predicted octanol–water partition coefficient (Wildman–Crippen LogP) is -5.01. The maximum absolute atomic E-state index is 15.0. The molecule has 11 amide bonds. The number of amides is 11. The number of cyclic esters (lactones) is 1. The number of H-pyrrole nitrogens is 1. The molecule has 0 radical (unpaired) electrons. The van der Waals surface area contributed by atoms with Crippen molar-refractivity contribution in [1.82, 2.24) is 57.7 Å². The largest absolute Gasteiger partial charge is 0.508 e. The van der Waals surface area contributed by atoms with Crippen LogP contribution >= 0.6 is 11.6 Å². The van der Waals surface area contributed by atoms with E-state index in [-0.39, 0.29) is 30.7 Å². The van der Waals surface area contributed by atoms with Crippen molar-refractivity contribution in [3.05, 3.63) is 101 Å². The zero-order chi connectivity index (χ0) is 74.1. The van der Waals surface area contributed by atoms with Crippen molar-refractivity contribution in [2.45, 2.75) is 151 Å². The van der Waals surface area contributed by atoms with Gasteiger partial charge in [-0.25, -0.2) is 4.79 Å². The number of aromatic nitrogens is 1. The van der Waals surface area contributed by atoms with E-state index in [1.807, 2.05) is 0 Å². The molecular formula is C64H82ClN13O22. The number of halogens is 1. The lowest BCUT2D eigenvalue weighted by Gasteiger charge is -2.31. The molecule has 2 aliphatic heterocycles. The van der Waals surface area contributed by atoms with Gasteiger partial charge < -0.3 is 110 Å². The van der Waals surface area contributed by atoms with Crippen molar-refractivity contribution in [3.63, 3.8) is 0 Å². The molecule has 0 unspecified atom stereocenters. The molecule has 6 rings (SSSR count). The van der Waals surface area contributed by atoms with Crippen LogP contribution in [0.4, 0.5) is 0 Å². The average molecular weight is 1420 g/mol. The summed E-state index contributed by atoms with van der Waals surface area (Å²) in [5.41, 5.74) is 12.5. The SMILES string of the molecule is CC(C)[C@H]1NC(=O)[C@H](Cc2c[nH]c3cc(Cl)ccc23)NC(=O)[C@H]([C@@H](C)C(N)=O)NC(=O)[C@@H](NC(=O)[C@@H](NC(=O)[C@@H](CCC(=O)O)NC(=O)[C@H](CO)NC(=O)[C@@H](NC(=O)C[C@H](N)C(=O)O)[C@H](O)c2ccc(O)cc2)[C@@H](C)O)COC(=O)[C@@H]2[C@H](O)[C@H](C)CN2C(=O)[C@H](Cc2ccccc2)NC1=O. The first kappa shape index (κ1) is 78.7. The maximum Gasteiger partial charge on any atom is 0.331 e. The number of phenolic OH excluding ortho intramolecular Hbond substituents is 1. The number of aliphatic hydroxyl groups is 4. The van der Waals surface area contributed by atoms with Gasteiger partial charge in [-0.15, -0.1) is 0 Å². The highest BCUT2D eigenvalue weighted by Gasteiger charge is 2.49. The van der Waals surface area contributed by atoms with Gasteiger partial charge in [-0.05, 0) is 60.2 Å². The van der Waals surface area contributed by atoms with Crippen LogP contribution in [0.2, 0.25) is 5.02 Å². The molecule has 542 valence electrons. The minimum absolute atomic E-state index is 0.123. The number of nitrogens with two attached hydrogens (primary N) is 2. The van der Waals surface area contributed by atoms with Crippen LogP contribution < -0.4 is 59.3 Å². The van der Waals surface area contributed by atoms with Crippen molar-refractivity contribution < 1.29 is 108 Å². The maximum atomic E-state index is 15.0. The van der Waals surface area contributed by atoms with Gasteiger partial charge >= 0.3 is 17.9 Å². The second-order valence-electron chi connectivity index (χ2n) is 24.7. The fraction of sp³-hybridized carbons (Fsp3) is 0.469. The number of carboxylic acid groups (broad SMARTS) is 2. The number of phenols is 1. The molecule has 3 heterocycles. The van der Waals surface area contributed by atoms with Crippen LogP contribution in [0, 0.1) is 17.8 Å². The third-order valence-electron chi connectivity index (χ3n) is 16.8. The Hall–Kier alpha value is -10.3. The number of aromatic amines is 1. The first-order valence-electron chi connectivity index (χ1n) is 31.5. The van der Waals surface area contributed by atoms with Crippen molar-refractivity contribution in [2.24, 2.45) is 29.2 Å². The van der Waals surface area contributed by atoms with E-state index in [2.05, 4.69) is 52.8 Å². The molecule has 0 saturated carbocycles. The number of esters is 1. The summed E-state index contributed by atoms with van der Waals surface area (Å²) in [6.45, 7) is 3.76. The molecule has 16 atom stereocenters. The number of primary amides is 1. The number of aliphatic hydroxyl groups excluding tert-OH is 4. The molecule has 2 saturated heterocycles. The lowest BCUT2D eigenvalue weighted by molar-refractivity contribution is -0.159. The Bertz CT molecular complexity index is 3690. The van der Waals surface area contributed by atoms with Crippen molar-refractivity contribution in [2.75, 3.05) is 19.8 Å². The Labute approximate surface area is 575 Å². The number of nitrogens with one attached hydrogen (secondary N) is 10. The quantitative estimate of drug-likeness (QED) is 0.0262. The Morgan fingerprint density at radius 1 is 0.730 bits per heavy atom. The molecule has 35 nitrogen and oxygen atoms in total. The Morgan fingerprint density at radius 3 is 1.96 bits per heavy atom. The van der Waals surface area contributed by atoms with E-state index in [0.29, 0.717) is 27.1 Å². The Morgan fingerprint density at radius 2 is 1.35 bits per heavy atom. The van der Waals surface area contributed by atoms with E-state index in [9.17, 15) is 103 Å². The third kappa shape index (κ3) is 20.9. The number of fused-ring (bicyclic) bond motifs is 2. The summed E-state index contributed by atoms with van der Waals surface area (Å²) in [6, 6.07) is -3.76. The lowest BCUT2D eigenvalue weighted by atomic mass is 9.97. The smallest absolute Gasteiger partial charge is 0.331 e. The number of nitrogens with zero attached hydrogens (tertiary/aromatic N) is 1. The zero-order valence-electron chi connectivity index (χ0n) is 54.7. The second kappa shape index (κ2) is 35.4. The van der Waals surface area contributed by atoms with E-state index in [1.165, 1.54) is 13.1 Å². The molecule has 2 fully saturated rings. The normalized spacial score (nSPS) is 22.7. The molecule has 0 bridgehead atoms. The van der Waals surface area contributed by atoms with Gasteiger partial charge in [0.15, 0.2) is 6.04 Å². The number of aliphatic carboxylic acids is 2. The van der Waals surface area contributed by atoms with Gasteiger partial charge in [-0.1, -0.05) is 87.8 Å². The third-order valence-corrected chi connectivity index (χ3v) is 17.0. The van der Waals surface area contributed by atoms with E-state index in [4.69, 9.17) is 27.8 Å². The lowest BCUT2D eigenvalue weighted by Crippen LogP contribution is -2.64. The van der Waals surface area contributed by atoms with Gasteiger partial charge in [0.25, 0.3) is 0 Å². The molecule has 0 spiro atoms. The molecule has 3 aromatic carbocycles. The monoisotopic (exact) mass is 1420 g/mol. The topological polar surface area (TPSA) is 569 Å². The summed E-state index contributed by atoms with van der Waals surface area (Å²) < 4.78 is 5.63. The number of rotatable bonds is 26. The van der Waals surface area contributed by atoms with Crippen LogP contribution in [0.25, 0.3) is 10.9 Å². The Balaban J connectivity index is 1.36. The van der Waals surface area contributed by atoms with E-state index in [1.54, 1.807) is 62.4 Å². The summed E-state index contributed by atoms with van der Waals surface area (Å²) in [6.07, 6.45) is -7.47. The first-order valence-corrected chi connectivity index (χ1v) is 31.9. The van der Waals surface area contributed by atoms with Crippen LogP contribution in [0.15, 0.2) is 79.0 Å². The van der Waals surface area contributed by atoms with Crippen LogP contribution in [-0.2, 0) is 84.7 Å². The number of hydrogen-bond donors (Lipinski definition) is 19.